The molecule has 35 heavy (non-hydrogen) atoms. The highest BCUT2D eigenvalue weighted by Gasteiger charge is 2.14. The van der Waals surface area contributed by atoms with Crippen molar-refractivity contribution in [2.75, 3.05) is 0 Å². The van der Waals surface area contributed by atoms with Crippen LogP contribution in [-0.2, 0) is 20.5 Å². The zero-order valence-corrected chi connectivity index (χ0v) is 20.3. The van der Waals surface area contributed by atoms with Gasteiger partial charge in [0.2, 0.25) is 0 Å². The number of pyridine rings is 2. The van der Waals surface area contributed by atoms with Gasteiger partial charge in [-0.1, -0.05) is 24.3 Å². The predicted octanol–water partition coefficient (Wildman–Crippen LogP) is 5.79. The van der Waals surface area contributed by atoms with Crippen molar-refractivity contribution in [3.63, 3.8) is 0 Å². The molecule has 2 aromatic carbocycles. The summed E-state index contributed by atoms with van der Waals surface area (Å²) in [6.07, 6.45) is 2.70. The van der Waals surface area contributed by atoms with Crippen LogP contribution in [0.3, 0.4) is 0 Å². The Morgan fingerprint density at radius 1 is 0.657 bits per heavy atom. The van der Waals surface area contributed by atoms with Crippen LogP contribution in [0.25, 0.3) is 45.1 Å². The molecular formula is C29H26N6. The number of rotatable bonds is 4. The molecule has 0 N–H and O–H groups in total. The highest BCUT2D eigenvalue weighted by molar-refractivity contribution is 5.82. The van der Waals surface area contributed by atoms with Crippen LogP contribution in [0.15, 0.2) is 72.9 Å². The molecule has 0 aliphatic heterocycles. The maximum Gasteiger partial charge on any atom is 0.159 e. The summed E-state index contributed by atoms with van der Waals surface area (Å²) in [4.78, 5) is 19.0. The monoisotopic (exact) mass is 458 g/mol. The summed E-state index contributed by atoms with van der Waals surface area (Å²) in [6, 6.07) is 23.2. The van der Waals surface area contributed by atoms with Crippen LogP contribution in [0, 0.1) is 13.8 Å². The van der Waals surface area contributed by atoms with E-state index >= 15 is 0 Å². The number of benzene rings is 2. The first-order valence-electron chi connectivity index (χ1n) is 11.7. The van der Waals surface area contributed by atoms with Crippen LogP contribution in [0.4, 0.5) is 0 Å². The van der Waals surface area contributed by atoms with Crippen molar-refractivity contribution in [1.29, 1.82) is 0 Å². The van der Waals surface area contributed by atoms with Crippen LogP contribution in [0.5, 0.6) is 0 Å². The molecule has 0 unspecified atom stereocenters. The molecule has 4 heterocycles. The molecule has 0 amide bonds. The normalized spacial score (nSPS) is 11.5. The Morgan fingerprint density at radius 3 is 1.86 bits per heavy atom. The molecular weight excluding hydrogens is 432 g/mol. The van der Waals surface area contributed by atoms with Gasteiger partial charge in [0.1, 0.15) is 11.4 Å². The molecule has 0 atom stereocenters. The lowest BCUT2D eigenvalue weighted by Crippen LogP contribution is -1.95. The van der Waals surface area contributed by atoms with Crippen molar-refractivity contribution < 1.29 is 0 Å². The first-order chi connectivity index (χ1) is 17.0. The van der Waals surface area contributed by atoms with Gasteiger partial charge in [0.25, 0.3) is 0 Å². The summed E-state index contributed by atoms with van der Waals surface area (Å²) < 4.78 is 4.22. The third-order valence-electron chi connectivity index (χ3n) is 6.56. The molecule has 0 spiro atoms. The van der Waals surface area contributed by atoms with E-state index in [0.29, 0.717) is 0 Å². The average molecular weight is 459 g/mol. The van der Waals surface area contributed by atoms with Gasteiger partial charge in [-0.25, -0.2) is 15.0 Å². The fraction of sp³-hybridized carbons (Fsp3) is 0.172. The molecule has 0 saturated carbocycles. The zero-order chi connectivity index (χ0) is 24.1. The van der Waals surface area contributed by atoms with Gasteiger partial charge in [-0.3, -0.25) is 4.98 Å². The minimum absolute atomic E-state index is 0.815. The molecule has 172 valence electrons. The number of hydrogen-bond acceptors (Lipinski definition) is 4. The highest BCUT2D eigenvalue weighted by Crippen LogP contribution is 2.26. The molecule has 0 radical (unpaired) electrons. The number of imidazole rings is 2. The van der Waals surface area contributed by atoms with Crippen LogP contribution in [-0.4, -0.2) is 29.1 Å². The fourth-order valence-electron chi connectivity index (χ4n) is 4.67. The smallest absolute Gasteiger partial charge is 0.159 e. The first-order valence-corrected chi connectivity index (χ1v) is 11.7. The SMILES string of the molecule is Cc1ccc(-c2nc3cc(Cc4ccc5c(c4)nc(-c4cccc(C)n4)n5C)ccc3n2C)nc1. The Bertz CT molecular complexity index is 1710. The number of nitrogens with zero attached hydrogens (tertiary/aromatic N) is 6. The van der Waals surface area contributed by atoms with Crippen LogP contribution >= 0.6 is 0 Å². The second-order valence-corrected chi connectivity index (χ2v) is 9.20. The number of fused-ring (bicyclic) bond motifs is 2. The Morgan fingerprint density at radius 2 is 1.29 bits per heavy atom. The lowest BCUT2D eigenvalue weighted by atomic mass is 10.0. The molecule has 0 aliphatic carbocycles. The lowest BCUT2D eigenvalue weighted by Gasteiger charge is -2.04. The van der Waals surface area contributed by atoms with Gasteiger partial charge >= 0.3 is 0 Å². The fourth-order valence-corrected chi connectivity index (χ4v) is 4.67. The minimum atomic E-state index is 0.815. The molecule has 0 saturated heterocycles. The summed E-state index contributed by atoms with van der Waals surface area (Å²) in [5, 5.41) is 0. The van der Waals surface area contributed by atoms with E-state index in [2.05, 4.69) is 61.6 Å². The van der Waals surface area contributed by atoms with Gasteiger partial charge < -0.3 is 9.13 Å². The van der Waals surface area contributed by atoms with E-state index in [-0.39, 0.29) is 0 Å². The van der Waals surface area contributed by atoms with Gasteiger partial charge in [0.15, 0.2) is 11.6 Å². The Kier molecular flexibility index (Phi) is 4.95. The number of aryl methyl sites for hydroxylation is 4. The summed E-state index contributed by atoms with van der Waals surface area (Å²) in [5.41, 5.74) is 10.5. The lowest BCUT2D eigenvalue weighted by molar-refractivity contribution is 0.947. The van der Waals surface area contributed by atoms with Gasteiger partial charge in [0.05, 0.1) is 22.1 Å². The number of aromatic nitrogens is 6. The van der Waals surface area contributed by atoms with Crippen LogP contribution in [0.1, 0.15) is 22.4 Å². The van der Waals surface area contributed by atoms with Crippen molar-refractivity contribution in [3.05, 3.63) is 95.3 Å². The molecule has 6 heteroatoms. The minimum Gasteiger partial charge on any atom is -0.326 e. The van der Waals surface area contributed by atoms with E-state index in [1.54, 1.807) is 0 Å². The van der Waals surface area contributed by atoms with E-state index in [4.69, 9.17) is 9.97 Å². The van der Waals surface area contributed by atoms with E-state index in [9.17, 15) is 0 Å². The van der Waals surface area contributed by atoms with Gasteiger partial charge in [-0.2, -0.15) is 0 Å². The summed E-state index contributed by atoms with van der Waals surface area (Å²) in [7, 11) is 4.09. The maximum atomic E-state index is 4.91. The van der Waals surface area contributed by atoms with Crippen molar-refractivity contribution in [3.8, 4) is 23.0 Å². The van der Waals surface area contributed by atoms with Crippen LogP contribution in [0.2, 0.25) is 0 Å². The quantitative estimate of drug-likeness (QED) is 0.335. The standard InChI is InChI=1S/C29H26N6/c1-18-8-11-22(30-17-18)28-32-24-15-20(9-12-26(24)34(28)3)14-21-10-13-27-25(16-21)33-29(35(27)4)23-7-5-6-19(2)31-23/h5-13,15-17H,14H2,1-4H3. The van der Waals surface area contributed by atoms with Gasteiger partial charge in [-0.15, -0.1) is 0 Å². The number of hydrogen-bond donors (Lipinski definition) is 0. The van der Waals surface area contributed by atoms with E-state index in [0.717, 1.165) is 62.8 Å². The van der Waals surface area contributed by atoms with E-state index in [1.165, 1.54) is 11.1 Å². The third-order valence-corrected chi connectivity index (χ3v) is 6.56. The Labute approximate surface area is 204 Å². The highest BCUT2D eigenvalue weighted by atomic mass is 15.1. The summed E-state index contributed by atoms with van der Waals surface area (Å²) in [6.45, 7) is 4.05. The molecule has 0 bridgehead atoms. The Hall–Kier alpha value is -4.32. The van der Waals surface area contributed by atoms with Crippen molar-refractivity contribution in [2.24, 2.45) is 14.1 Å². The van der Waals surface area contributed by atoms with Crippen molar-refractivity contribution >= 4 is 22.1 Å². The predicted molar refractivity (Wildman–Crippen MR) is 140 cm³/mol. The molecule has 6 rings (SSSR count). The van der Waals surface area contributed by atoms with Crippen molar-refractivity contribution in [1.82, 2.24) is 29.1 Å². The first kappa shape index (κ1) is 21.2. The maximum absolute atomic E-state index is 4.91. The van der Waals surface area contributed by atoms with Crippen molar-refractivity contribution in [2.45, 2.75) is 20.3 Å². The largest absolute Gasteiger partial charge is 0.326 e. The molecule has 0 fully saturated rings. The second-order valence-electron chi connectivity index (χ2n) is 9.20. The van der Waals surface area contributed by atoms with E-state index in [1.807, 2.05) is 58.4 Å². The topological polar surface area (TPSA) is 61.4 Å². The molecule has 0 aliphatic rings. The Balaban J connectivity index is 1.33. The molecule has 6 nitrogen and oxygen atoms in total. The van der Waals surface area contributed by atoms with Gasteiger partial charge in [0, 0.05) is 26.0 Å². The summed E-state index contributed by atoms with van der Waals surface area (Å²) in [5.74, 6) is 1.76. The van der Waals surface area contributed by atoms with Gasteiger partial charge in [-0.05, 0) is 79.4 Å². The molecule has 4 aromatic heterocycles. The van der Waals surface area contributed by atoms with E-state index < -0.39 is 0 Å². The zero-order valence-electron chi connectivity index (χ0n) is 20.3. The third kappa shape index (κ3) is 3.77. The second kappa shape index (κ2) is 8.17. The average Bonchev–Trinajstić information content (AvgIpc) is 3.36. The molecule has 6 aromatic rings. The van der Waals surface area contributed by atoms with Crippen LogP contribution < -0.4 is 0 Å². The summed E-state index contributed by atoms with van der Waals surface area (Å²) >= 11 is 0.